The molecule has 0 bridgehead atoms. The van der Waals surface area contributed by atoms with Crippen molar-refractivity contribution in [3.8, 4) is 0 Å². The molecular formula is C6H12O6S. The molecule has 0 aliphatic carbocycles. The van der Waals surface area contributed by atoms with Gasteiger partial charge in [-0.2, -0.15) is 8.42 Å². The fraction of sp³-hybridized carbons (Fsp3) is 0.833. The van der Waals surface area contributed by atoms with Crippen LogP contribution in [0.15, 0.2) is 0 Å². The van der Waals surface area contributed by atoms with Crippen molar-refractivity contribution >= 4 is 16.1 Å². The Bertz CT molecular complexity index is 244. The van der Waals surface area contributed by atoms with Crippen LogP contribution in [0.3, 0.4) is 0 Å². The first kappa shape index (κ1) is 12.3. The van der Waals surface area contributed by atoms with E-state index in [-0.39, 0.29) is 31.8 Å². The Kier molecular flexibility index (Phi) is 5.60. The standard InChI is InChI=1S/C6H12O6S/c7-3-1-5-13(10,11)12-4-2-6(8)9/h7H,1-5H2,(H,8,9). The van der Waals surface area contributed by atoms with Gasteiger partial charge in [-0.15, -0.1) is 0 Å². The second-order valence-electron chi connectivity index (χ2n) is 2.30. The molecule has 0 radical (unpaired) electrons. The van der Waals surface area contributed by atoms with Crippen molar-refractivity contribution in [3.05, 3.63) is 0 Å². The molecule has 0 spiro atoms. The van der Waals surface area contributed by atoms with E-state index in [0.717, 1.165) is 0 Å². The van der Waals surface area contributed by atoms with Gasteiger partial charge in [-0.25, -0.2) is 0 Å². The summed E-state index contributed by atoms with van der Waals surface area (Å²) >= 11 is 0. The molecule has 0 rings (SSSR count). The van der Waals surface area contributed by atoms with Gasteiger partial charge in [0.25, 0.3) is 10.1 Å². The predicted octanol–water partition coefficient (Wildman–Crippen LogP) is -0.810. The van der Waals surface area contributed by atoms with Crippen LogP contribution in [-0.4, -0.2) is 43.6 Å². The number of hydrogen-bond donors (Lipinski definition) is 2. The minimum absolute atomic E-state index is 0.0927. The first-order valence-corrected chi connectivity index (χ1v) is 5.25. The van der Waals surface area contributed by atoms with Crippen LogP contribution in [0.5, 0.6) is 0 Å². The number of carboxylic acids is 1. The fourth-order valence-corrected chi connectivity index (χ4v) is 1.49. The van der Waals surface area contributed by atoms with Crippen LogP contribution in [0.25, 0.3) is 0 Å². The van der Waals surface area contributed by atoms with E-state index in [1.54, 1.807) is 0 Å². The van der Waals surface area contributed by atoms with E-state index >= 15 is 0 Å². The largest absolute Gasteiger partial charge is 0.481 e. The Morgan fingerprint density at radius 3 is 2.46 bits per heavy atom. The monoisotopic (exact) mass is 212 g/mol. The van der Waals surface area contributed by atoms with Gasteiger partial charge in [-0.1, -0.05) is 0 Å². The van der Waals surface area contributed by atoms with Gasteiger partial charge in [-0.05, 0) is 6.42 Å². The zero-order chi connectivity index (χ0) is 10.3. The molecule has 0 heterocycles. The summed E-state index contributed by atoms with van der Waals surface area (Å²) in [6, 6.07) is 0. The molecule has 0 unspecified atom stereocenters. The second kappa shape index (κ2) is 5.90. The third-order valence-corrected chi connectivity index (χ3v) is 2.45. The van der Waals surface area contributed by atoms with Crippen molar-refractivity contribution in [1.29, 1.82) is 0 Å². The highest BCUT2D eigenvalue weighted by Crippen LogP contribution is 1.97. The van der Waals surface area contributed by atoms with Crippen LogP contribution in [-0.2, 0) is 19.1 Å². The number of aliphatic hydroxyl groups excluding tert-OH is 1. The average molecular weight is 212 g/mol. The number of aliphatic hydroxyl groups is 1. The number of carbonyl (C=O) groups is 1. The van der Waals surface area contributed by atoms with Gasteiger partial charge in [0.2, 0.25) is 0 Å². The van der Waals surface area contributed by atoms with Gasteiger partial charge in [0.1, 0.15) is 0 Å². The van der Waals surface area contributed by atoms with Crippen LogP contribution in [0.2, 0.25) is 0 Å². The van der Waals surface area contributed by atoms with Crippen molar-refractivity contribution in [2.75, 3.05) is 19.0 Å². The minimum atomic E-state index is -3.66. The number of aliphatic carboxylic acids is 1. The van der Waals surface area contributed by atoms with Crippen molar-refractivity contribution in [2.45, 2.75) is 12.8 Å². The first-order valence-electron chi connectivity index (χ1n) is 3.67. The summed E-state index contributed by atoms with van der Waals surface area (Å²) in [5.74, 6) is -1.40. The van der Waals surface area contributed by atoms with Gasteiger partial charge in [0.05, 0.1) is 18.8 Å². The highest BCUT2D eigenvalue weighted by molar-refractivity contribution is 7.86. The smallest absolute Gasteiger partial charge is 0.305 e. The molecule has 7 heteroatoms. The molecule has 0 aromatic rings. The molecule has 0 aromatic carbocycles. The normalized spacial score (nSPS) is 11.5. The lowest BCUT2D eigenvalue weighted by atomic mass is 10.5. The van der Waals surface area contributed by atoms with Crippen molar-refractivity contribution in [1.82, 2.24) is 0 Å². The molecule has 0 saturated heterocycles. The van der Waals surface area contributed by atoms with Gasteiger partial charge in [0.15, 0.2) is 0 Å². The minimum Gasteiger partial charge on any atom is -0.481 e. The third-order valence-electron chi connectivity index (χ3n) is 1.13. The van der Waals surface area contributed by atoms with Crippen LogP contribution in [0.1, 0.15) is 12.8 Å². The van der Waals surface area contributed by atoms with Crippen LogP contribution >= 0.6 is 0 Å². The highest BCUT2D eigenvalue weighted by atomic mass is 32.2. The fourth-order valence-electron chi connectivity index (χ4n) is 0.556. The molecular weight excluding hydrogens is 200 g/mol. The second-order valence-corrected chi connectivity index (χ2v) is 4.06. The quantitative estimate of drug-likeness (QED) is 0.535. The van der Waals surface area contributed by atoms with Crippen molar-refractivity contribution in [3.63, 3.8) is 0 Å². The van der Waals surface area contributed by atoms with E-state index in [2.05, 4.69) is 4.18 Å². The maximum absolute atomic E-state index is 10.8. The van der Waals surface area contributed by atoms with E-state index in [0.29, 0.717) is 0 Å². The topological polar surface area (TPSA) is 101 Å². The molecule has 0 atom stereocenters. The lowest BCUT2D eigenvalue weighted by Gasteiger charge is -2.02. The molecule has 13 heavy (non-hydrogen) atoms. The Morgan fingerprint density at radius 1 is 1.38 bits per heavy atom. The molecule has 0 aliphatic heterocycles. The predicted molar refractivity (Wildman–Crippen MR) is 43.7 cm³/mol. The summed E-state index contributed by atoms with van der Waals surface area (Å²) in [6.45, 7) is -0.593. The SMILES string of the molecule is O=C(O)CCOS(=O)(=O)CCCO. The first-order chi connectivity index (χ1) is 5.98. The third kappa shape index (κ3) is 7.69. The van der Waals surface area contributed by atoms with E-state index in [1.165, 1.54) is 0 Å². The number of carboxylic acid groups (broad SMARTS) is 1. The van der Waals surface area contributed by atoms with E-state index < -0.39 is 16.1 Å². The van der Waals surface area contributed by atoms with Gasteiger partial charge in [-0.3, -0.25) is 8.98 Å². The van der Waals surface area contributed by atoms with Gasteiger partial charge in [0, 0.05) is 6.61 Å². The van der Waals surface area contributed by atoms with Crippen LogP contribution in [0.4, 0.5) is 0 Å². The lowest BCUT2D eigenvalue weighted by Crippen LogP contribution is -2.14. The summed E-state index contributed by atoms with van der Waals surface area (Å²) in [5, 5.41) is 16.5. The van der Waals surface area contributed by atoms with Crippen molar-refractivity contribution < 1.29 is 27.6 Å². The molecule has 0 saturated carbocycles. The highest BCUT2D eigenvalue weighted by Gasteiger charge is 2.10. The molecule has 2 N–H and O–H groups in total. The van der Waals surface area contributed by atoms with Gasteiger partial charge >= 0.3 is 5.97 Å². The molecule has 0 aromatic heterocycles. The Hall–Kier alpha value is -0.660. The molecule has 0 aliphatic rings. The Labute approximate surface area is 76.3 Å². The van der Waals surface area contributed by atoms with E-state index in [1.807, 2.05) is 0 Å². The van der Waals surface area contributed by atoms with E-state index in [4.69, 9.17) is 10.2 Å². The average Bonchev–Trinajstić information content (AvgIpc) is 2.00. The summed E-state index contributed by atoms with van der Waals surface area (Å²) in [4.78, 5) is 9.98. The molecule has 0 amide bonds. The summed E-state index contributed by atoms with van der Waals surface area (Å²) in [5.41, 5.74) is 0. The summed E-state index contributed by atoms with van der Waals surface area (Å²) < 4.78 is 26.0. The summed E-state index contributed by atoms with van der Waals surface area (Å²) in [6.07, 6.45) is -0.256. The van der Waals surface area contributed by atoms with Crippen LogP contribution < -0.4 is 0 Å². The number of rotatable bonds is 7. The summed E-state index contributed by atoms with van der Waals surface area (Å²) in [7, 11) is -3.66. The van der Waals surface area contributed by atoms with Crippen molar-refractivity contribution in [2.24, 2.45) is 0 Å². The van der Waals surface area contributed by atoms with Crippen LogP contribution in [0, 0.1) is 0 Å². The Morgan fingerprint density at radius 2 is 2.00 bits per heavy atom. The van der Waals surface area contributed by atoms with Gasteiger partial charge < -0.3 is 10.2 Å². The zero-order valence-electron chi connectivity index (χ0n) is 6.97. The Balaban J connectivity index is 3.70. The molecule has 0 fully saturated rings. The maximum Gasteiger partial charge on any atom is 0.305 e. The maximum atomic E-state index is 10.8. The number of hydrogen-bond acceptors (Lipinski definition) is 5. The molecule has 78 valence electrons. The lowest BCUT2D eigenvalue weighted by molar-refractivity contribution is -0.137. The molecule has 6 nitrogen and oxygen atoms in total. The van der Waals surface area contributed by atoms with E-state index in [9.17, 15) is 13.2 Å². The zero-order valence-corrected chi connectivity index (χ0v) is 7.79.